The van der Waals surface area contributed by atoms with Gasteiger partial charge in [-0.15, -0.1) is 0 Å². The summed E-state index contributed by atoms with van der Waals surface area (Å²) in [5, 5.41) is 4.19. The van der Waals surface area contributed by atoms with Gasteiger partial charge in [-0.1, -0.05) is 0 Å². The van der Waals surface area contributed by atoms with Gasteiger partial charge in [0.05, 0.1) is 29.2 Å². The van der Waals surface area contributed by atoms with Gasteiger partial charge in [-0.05, 0) is 54.9 Å². The highest BCUT2D eigenvalue weighted by Crippen LogP contribution is 2.28. The maximum Gasteiger partial charge on any atom is 0.338 e. The Hall–Kier alpha value is -1.87. The third-order valence-electron chi connectivity index (χ3n) is 3.48. The highest BCUT2D eigenvalue weighted by molar-refractivity contribution is 9.10. The van der Waals surface area contributed by atoms with Crippen LogP contribution in [0.1, 0.15) is 28.7 Å². The van der Waals surface area contributed by atoms with Gasteiger partial charge in [0.15, 0.2) is 0 Å². The van der Waals surface area contributed by atoms with Crippen molar-refractivity contribution in [2.24, 2.45) is 7.05 Å². The van der Waals surface area contributed by atoms with Gasteiger partial charge in [0.1, 0.15) is 4.90 Å². The van der Waals surface area contributed by atoms with E-state index in [0.29, 0.717) is 17.1 Å². The number of hydrogen-bond donors (Lipinski definition) is 1. The van der Waals surface area contributed by atoms with E-state index >= 15 is 0 Å². The van der Waals surface area contributed by atoms with Crippen LogP contribution in [0.25, 0.3) is 0 Å². The van der Waals surface area contributed by atoms with Crippen molar-refractivity contribution in [1.29, 1.82) is 0 Å². The number of nitrogens with zero attached hydrogens (tertiary/aromatic N) is 2. The number of aromatic nitrogens is 2. The standard InChI is InChI=1S/C15H18BrN3O4S/c1-5-23-15(20)11-6-7-13(12(16)8-11)24(21,22)18-14-9(2)17-19(4)10(14)3/h6-8,18H,5H2,1-4H3. The Labute approximate surface area is 149 Å². The molecule has 1 aromatic heterocycles. The van der Waals surface area contributed by atoms with Crippen LogP contribution in [0.4, 0.5) is 5.69 Å². The predicted molar refractivity (Wildman–Crippen MR) is 93.6 cm³/mol. The minimum absolute atomic E-state index is 0.0261. The molecule has 2 aromatic rings. The summed E-state index contributed by atoms with van der Waals surface area (Å²) in [5.74, 6) is -0.506. The zero-order valence-corrected chi connectivity index (χ0v) is 16.2. The molecule has 0 fully saturated rings. The molecule has 0 spiro atoms. The lowest BCUT2D eigenvalue weighted by Crippen LogP contribution is -2.15. The van der Waals surface area contributed by atoms with Crippen molar-refractivity contribution in [3.63, 3.8) is 0 Å². The Morgan fingerprint density at radius 3 is 2.54 bits per heavy atom. The van der Waals surface area contributed by atoms with Crippen molar-refractivity contribution < 1.29 is 17.9 Å². The maximum atomic E-state index is 12.6. The third-order valence-corrected chi connectivity index (χ3v) is 5.80. The largest absolute Gasteiger partial charge is 0.462 e. The lowest BCUT2D eigenvalue weighted by Gasteiger charge is -2.11. The molecule has 1 N–H and O–H groups in total. The smallest absolute Gasteiger partial charge is 0.338 e. The zero-order valence-electron chi connectivity index (χ0n) is 13.8. The van der Waals surface area contributed by atoms with E-state index < -0.39 is 16.0 Å². The van der Waals surface area contributed by atoms with Crippen molar-refractivity contribution in [3.05, 3.63) is 39.6 Å². The molecular formula is C15H18BrN3O4S. The average Bonchev–Trinajstić information content (AvgIpc) is 2.73. The van der Waals surface area contributed by atoms with Crippen molar-refractivity contribution in [2.75, 3.05) is 11.3 Å². The van der Waals surface area contributed by atoms with Gasteiger partial charge in [-0.25, -0.2) is 13.2 Å². The van der Waals surface area contributed by atoms with E-state index in [9.17, 15) is 13.2 Å². The summed E-state index contributed by atoms with van der Waals surface area (Å²) in [6.07, 6.45) is 0. The lowest BCUT2D eigenvalue weighted by molar-refractivity contribution is 0.0526. The fraction of sp³-hybridized carbons (Fsp3) is 0.333. The van der Waals surface area contributed by atoms with E-state index in [2.05, 4.69) is 25.8 Å². The number of nitrogens with one attached hydrogen (secondary N) is 1. The Kier molecular flexibility index (Phi) is 5.34. The summed E-state index contributed by atoms with van der Waals surface area (Å²) in [6.45, 7) is 5.45. The Morgan fingerprint density at radius 2 is 2.04 bits per heavy atom. The number of benzene rings is 1. The second-order valence-corrected chi connectivity index (χ2v) is 7.65. The number of ether oxygens (including phenoxy) is 1. The van der Waals surface area contributed by atoms with Gasteiger partial charge in [-0.3, -0.25) is 9.40 Å². The minimum Gasteiger partial charge on any atom is -0.462 e. The minimum atomic E-state index is -3.83. The first-order chi connectivity index (χ1) is 11.2. The Bertz CT molecular complexity index is 890. The molecule has 24 heavy (non-hydrogen) atoms. The SMILES string of the molecule is CCOC(=O)c1ccc(S(=O)(=O)Nc2c(C)nn(C)c2C)c(Br)c1. The second-order valence-electron chi connectivity index (χ2n) is 5.14. The molecule has 0 saturated carbocycles. The first-order valence-corrected chi connectivity index (χ1v) is 9.44. The molecule has 0 unspecified atom stereocenters. The van der Waals surface area contributed by atoms with E-state index in [1.807, 2.05) is 0 Å². The first-order valence-electron chi connectivity index (χ1n) is 7.17. The van der Waals surface area contributed by atoms with Crippen LogP contribution in [0, 0.1) is 13.8 Å². The topological polar surface area (TPSA) is 90.3 Å². The van der Waals surface area contributed by atoms with Gasteiger partial charge in [0.25, 0.3) is 10.0 Å². The van der Waals surface area contributed by atoms with Crippen molar-refractivity contribution in [3.8, 4) is 0 Å². The van der Waals surface area contributed by atoms with E-state index in [0.717, 1.165) is 0 Å². The Morgan fingerprint density at radius 1 is 1.38 bits per heavy atom. The van der Waals surface area contributed by atoms with Gasteiger partial charge in [0, 0.05) is 11.5 Å². The summed E-state index contributed by atoms with van der Waals surface area (Å²) in [6, 6.07) is 4.20. The van der Waals surface area contributed by atoms with Crippen LogP contribution in [0.2, 0.25) is 0 Å². The van der Waals surface area contributed by atoms with Gasteiger partial charge in [0.2, 0.25) is 0 Å². The second kappa shape index (κ2) is 6.94. The third kappa shape index (κ3) is 3.62. The van der Waals surface area contributed by atoms with E-state index in [4.69, 9.17) is 4.74 Å². The molecule has 0 amide bonds. The first kappa shape index (κ1) is 18.5. The van der Waals surface area contributed by atoms with Crippen LogP contribution in [0.3, 0.4) is 0 Å². The molecule has 0 saturated heterocycles. The fourth-order valence-corrected chi connectivity index (χ4v) is 4.43. The number of rotatable bonds is 5. The number of carbonyl (C=O) groups is 1. The summed E-state index contributed by atoms with van der Waals surface area (Å²) in [4.78, 5) is 11.7. The monoisotopic (exact) mass is 415 g/mol. The number of aryl methyl sites for hydroxylation is 2. The quantitative estimate of drug-likeness (QED) is 0.758. The van der Waals surface area contributed by atoms with Gasteiger partial charge < -0.3 is 4.74 Å². The molecule has 0 aliphatic heterocycles. The molecule has 0 aliphatic rings. The van der Waals surface area contributed by atoms with Crippen LogP contribution in [-0.2, 0) is 21.8 Å². The van der Waals surface area contributed by atoms with Crippen molar-refractivity contribution >= 4 is 37.6 Å². The van der Waals surface area contributed by atoms with Gasteiger partial charge >= 0.3 is 5.97 Å². The molecule has 7 nitrogen and oxygen atoms in total. The molecule has 0 bridgehead atoms. The van der Waals surface area contributed by atoms with E-state index in [1.54, 1.807) is 32.5 Å². The van der Waals surface area contributed by atoms with Crippen LogP contribution < -0.4 is 4.72 Å². The van der Waals surface area contributed by atoms with E-state index in [-0.39, 0.29) is 21.5 Å². The van der Waals surface area contributed by atoms with Crippen LogP contribution >= 0.6 is 15.9 Å². The number of halogens is 1. The fourth-order valence-electron chi connectivity index (χ4n) is 2.17. The number of hydrogen-bond acceptors (Lipinski definition) is 5. The molecule has 0 radical (unpaired) electrons. The normalized spacial score (nSPS) is 11.4. The Balaban J connectivity index is 2.38. The van der Waals surface area contributed by atoms with Gasteiger partial charge in [-0.2, -0.15) is 5.10 Å². The number of esters is 1. The van der Waals surface area contributed by atoms with Crippen molar-refractivity contribution in [1.82, 2.24) is 9.78 Å². The molecule has 130 valence electrons. The number of anilines is 1. The number of sulfonamides is 1. The summed E-state index contributed by atoms with van der Waals surface area (Å²) < 4.78 is 34.6. The van der Waals surface area contributed by atoms with Crippen LogP contribution in [0.5, 0.6) is 0 Å². The molecule has 0 aliphatic carbocycles. The zero-order chi connectivity index (χ0) is 18.1. The van der Waals surface area contributed by atoms with Crippen LogP contribution in [-0.4, -0.2) is 30.8 Å². The van der Waals surface area contributed by atoms with Crippen LogP contribution in [0.15, 0.2) is 27.6 Å². The van der Waals surface area contributed by atoms with E-state index in [1.165, 1.54) is 18.2 Å². The maximum absolute atomic E-state index is 12.6. The molecule has 2 rings (SSSR count). The highest BCUT2D eigenvalue weighted by Gasteiger charge is 2.22. The molecule has 9 heteroatoms. The summed E-state index contributed by atoms with van der Waals surface area (Å²) >= 11 is 3.21. The molecule has 0 atom stereocenters. The highest BCUT2D eigenvalue weighted by atomic mass is 79.9. The molecular weight excluding hydrogens is 398 g/mol. The predicted octanol–water partition coefficient (Wildman–Crippen LogP) is 2.78. The molecule has 1 aromatic carbocycles. The number of carbonyl (C=O) groups excluding carboxylic acids is 1. The average molecular weight is 416 g/mol. The molecule has 1 heterocycles. The summed E-state index contributed by atoms with van der Waals surface area (Å²) in [5.41, 5.74) is 2.00. The summed E-state index contributed by atoms with van der Waals surface area (Å²) in [7, 11) is -2.09. The lowest BCUT2D eigenvalue weighted by atomic mass is 10.2. The van der Waals surface area contributed by atoms with Crippen molar-refractivity contribution in [2.45, 2.75) is 25.7 Å².